The van der Waals surface area contributed by atoms with Crippen molar-refractivity contribution < 1.29 is 4.79 Å². The minimum atomic E-state index is 0.273. The van der Waals surface area contributed by atoms with Gasteiger partial charge < -0.3 is 4.90 Å². The maximum atomic E-state index is 11.7. The molecule has 16 heavy (non-hydrogen) atoms. The van der Waals surface area contributed by atoms with Gasteiger partial charge in [0.15, 0.2) is 0 Å². The molecule has 0 radical (unpaired) electrons. The minimum absolute atomic E-state index is 0.273. The first-order valence-electron chi connectivity index (χ1n) is 5.64. The van der Waals surface area contributed by atoms with E-state index in [0.29, 0.717) is 5.75 Å². The Hall–Kier alpha value is -0.960. The van der Waals surface area contributed by atoms with Crippen molar-refractivity contribution in [3.05, 3.63) is 29.3 Å². The fourth-order valence-electron chi connectivity index (χ4n) is 1.61. The van der Waals surface area contributed by atoms with Gasteiger partial charge in [-0.15, -0.1) is 11.8 Å². The van der Waals surface area contributed by atoms with Crippen molar-refractivity contribution in [2.75, 3.05) is 18.8 Å². The zero-order valence-corrected chi connectivity index (χ0v) is 10.6. The van der Waals surface area contributed by atoms with Gasteiger partial charge in [-0.3, -0.25) is 4.79 Å². The Labute approximate surface area is 101 Å². The lowest BCUT2D eigenvalue weighted by Crippen LogP contribution is -2.42. The van der Waals surface area contributed by atoms with Gasteiger partial charge in [0, 0.05) is 18.0 Å². The fraction of sp³-hybridized carbons (Fsp3) is 0.462. The zero-order valence-electron chi connectivity index (χ0n) is 9.82. The van der Waals surface area contributed by atoms with Crippen LogP contribution in [0.25, 0.3) is 0 Å². The molecule has 3 heteroatoms. The Morgan fingerprint density at radius 2 is 2.06 bits per heavy atom. The van der Waals surface area contributed by atoms with Crippen molar-refractivity contribution in [2.45, 2.75) is 25.2 Å². The van der Waals surface area contributed by atoms with Crippen molar-refractivity contribution in [2.24, 2.45) is 0 Å². The van der Waals surface area contributed by atoms with Crippen LogP contribution in [-0.4, -0.2) is 29.6 Å². The molecule has 0 bridgehead atoms. The average Bonchev–Trinajstić information content (AvgIpc) is 2.17. The number of hydrogen-bond donors (Lipinski definition) is 0. The monoisotopic (exact) mass is 235 g/mol. The molecule has 1 aromatic rings. The van der Waals surface area contributed by atoms with Crippen molar-refractivity contribution in [3.63, 3.8) is 0 Å². The fourth-order valence-corrected chi connectivity index (χ4v) is 2.50. The molecule has 1 aromatic carbocycles. The zero-order chi connectivity index (χ0) is 11.5. The van der Waals surface area contributed by atoms with Gasteiger partial charge in [0.2, 0.25) is 5.91 Å². The molecule has 1 heterocycles. The third-order valence-electron chi connectivity index (χ3n) is 3.05. The summed E-state index contributed by atoms with van der Waals surface area (Å²) in [5, 5.41) is 0. The average molecular weight is 235 g/mol. The molecule has 0 aliphatic carbocycles. The smallest absolute Gasteiger partial charge is 0.232 e. The maximum absolute atomic E-state index is 11.7. The predicted molar refractivity (Wildman–Crippen MR) is 67.8 cm³/mol. The number of aryl methyl sites for hydroxylation is 2. The molecule has 0 saturated carbocycles. The molecular formula is C13H17NOS. The van der Waals surface area contributed by atoms with Crippen LogP contribution in [0.1, 0.15) is 17.5 Å². The van der Waals surface area contributed by atoms with Gasteiger partial charge in [0.05, 0.1) is 5.75 Å². The van der Waals surface area contributed by atoms with E-state index in [1.165, 1.54) is 22.4 Å². The van der Waals surface area contributed by atoms with E-state index >= 15 is 0 Å². The van der Waals surface area contributed by atoms with E-state index in [1.54, 1.807) is 11.8 Å². The maximum Gasteiger partial charge on any atom is 0.232 e. The lowest BCUT2D eigenvalue weighted by Gasteiger charge is -2.30. The molecule has 0 spiro atoms. The van der Waals surface area contributed by atoms with Gasteiger partial charge in [-0.1, -0.05) is 6.07 Å². The van der Waals surface area contributed by atoms with Crippen LogP contribution in [-0.2, 0) is 4.79 Å². The molecular weight excluding hydrogens is 218 g/mol. The van der Waals surface area contributed by atoms with E-state index in [-0.39, 0.29) is 5.91 Å². The number of amides is 1. The van der Waals surface area contributed by atoms with E-state index in [9.17, 15) is 4.79 Å². The van der Waals surface area contributed by atoms with Crippen LogP contribution in [0.5, 0.6) is 0 Å². The highest BCUT2D eigenvalue weighted by Crippen LogP contribution is 2.22. The molecule has 1 aliphatic rings. The molecule has 2 rings (SSSR count). The Bertz CT molecular complexity index is 399. The van der Waals surface area contributed by atoms with Gasteiger partial charge in [-0.25, -0.2) is 0 Å². The molecule has 86 valence electrons. The van der Waals surface area contributed by atoms with Gasteiger partial charge in [-0.2, -0.15) is 0 Å². The van der Waals surface area contributed by atoms with Crippen LogP contribution in [0.15, 0.2) is 23.1 Å². The first-order valence-corrected chi connectivity index (χ1v) is 6.63. The number of carbonyl (C=O) groups excluding carboxylic acids is 1. The van der Waals surface area contributed by atoms with Crippen LogP contribution in [0.2, 0.25) is 0 Å². The van der Waals surface area contributed by atoms with E-state index in [2.05, 4.69) is 32.0 Å². The second-order valence-corrected chi connectivity index (χ2v) is 5.32. The molecule has 1 fully saturated rings. The predicted octanol–water partition coefficient (Wildman–Crippen LogP) is 2.63. The summed E-state index contributed by atoms with van der Waals surface area (Å²) in [6, 6.07) is 6.37. The molecule has 1 aliphatic heterocycles. The molecule has 0 N–H and O–H groups in total. The lowest BCUT2D eigenvalue weighted by atomic mass is 10.1. The normalized spacial score (nSPS) is 14.8. The minimum Gasteiger partial charge on any atom is -0.342 e. The van der Waals surface area contributed by atoms with Gasteiger partial charge in [0.25, 0.3) is 0 Å². The highest BCUT2D eigenvalue weighted by atomic mass is 32.2. The molecule has 0 unspecified atom stereocenters. The van der Waals surface area contributed by atoms with Crippen LogP contribution < -0.4 is 0 Å². The van der Waals surface area contributed by atoms with Crippen LogP contribution in [0, 0.1) is 13.8 Å². The van der Waals surface area contributed by atoms with E-state index in [0.717, 1.165) is 13.1 Å². The summed E-state index contributed by atoms with van der Waals surface area (Å²) in [7, 11) is 0. The van der Waals surface area contributed by atoms with Crippen molar-refractivity contribution in [1.82, 2.24) is 4.90 Å². The number of carbonyl (C=O) groups is 1. The first-order chi connectivity index (χ1) is 7.66. The SMILES string of the molecule is Cc1ccc(SCC(=O)N2CCC2)cc1C. The summed E-state index contributed by atoms with van der Waals surface area (Å²) in [5.41, 5.74) is 2.60. The first kappa shape index (κ1) is 11.5. The van der Waals surface area contributed by atoms with Crippen molar-refractivity contribution in [1.29, 1.82) is 0 Å². The van der Waals surface area contributed by atoms with E-state index < -0.39 is 0 Å². The highest BCUT2D eigenvalue weighted by Gasteiger charge is 2.19. The Balaban J connectivity index is 1.89. The highest BCUT2D eigenvalue weighted by molar-refractivity contribution is 8.00. The molecule has 1 amide bonds. The topological polar surface area (TPSA) is 20.3 Å². The Morgan fingerprint density at radius 1 is 1.31 bits per heavy atom. The Kier molecular flexibility index (Phi) is 3.54. The second kappa shape index (κ2) is 4.91. The molecule has 0 atom stereocenters. The van der Waals surface area contributed by atoms with E-state index in [1.807, 2.05) is 4.90 Å². The van der Waals surface area contributed by atoms with E-state index in [4.69, 9.17) is 0 Å². The standard InChI is InChI=1S/C13H17NOS/c1-10-4-5-12(8-11(10)2)16-9-13(15)14-6-3-7-14/h4-5,8H,3,6-7,9H2,1-2H3. The summed E-state index contributed by atoms with van der Waals surface area (Å²) in [6.07, 6.45) is 1.17. The second-order valence-electron chi connectivity index (χ2n) is 4.27. The largest absolute Gasteiger partial charge is 0.342 e. The number of likely N-dealkylation sites (tertiary alicyclic amines) is 1. The summed E-state index contributed by atoms with van der Waals surface area (Å²) in [5.74, 6) is 0.845. The Morgan fingerprint density at radius 3 is 2.62 bits per heavy atom. The molecule has 1 saturated heterocycles. The number of rotatable bonds is 3. The third-order valence-corrected chi connectivity index (χ3v) is 4.03. The number of benzene rings is 1. The summed E-state index contributed by atoms with van der Waals surface area (Å²) in [6.45, 7) is 6.12. The number of hydrogen-bond acceptors (Lipinski definition) is 2. The van der Waals surface area contributed by atoms with Crippen molar-refractivity contribution in [3.8, 4) is 0 Å². The summed E-state index contributed by atoms with van der Waals surface area (Å²) < 4.78 is 0. The lowest BCUT2D eigenvalue weighted by molar-refractivity contribution is -0.131. The third kappa shape index (κ3) is 2.59. The van der Waals surface area contributed by atoms with Crippen LogP contribution in [0.3, 0.4) is 0 Å². The van der Waals surface area contributed by atoms with Crippen LogP contribution >= 0.6 is 11.8 Å². The molecule has 2 nitrogen and oxygen atoms in total. The van der Waals surface area contributed by atoms with Gasteiger partial charge in [0.1, 0.15) is 0 Å². The summed E-state index contributed by atoms with van der Waals surface area (Å²) >= 11 is 1.64. The summed E-state index contributed by atoms with van der Waals surface area (Å²) in [4.78, 5) is 14.8. The quantitative estimate of drug-likeness (QED) is 0.751. The number of nitrogens with zero attached hydrogens (tertiary/aromatic N) is 1. The van der Waals surface area contributed by atoms with Gasteiger partial charge >= 0.3 is 0 Å². The van der Waals surface area contributed by atoms with Gasteiger partial charge in [-0.05, 0) is 43.5 Å². The van der Waals surface area contributed by atoms with Crippen LogP contribution in [0.4, 0.5) is 0 Å². The van der Waals surface area contributed by atoms with Crippen molar-refractivity contribution >= 4 is 17.7 Å². The molecule has 0 aromatic heterocycles. The number of thioether (sulfide) groups is 1.